The van der Waals surface area contributed by atoms with Gasteiger partial charge >= 0.3 is 0 Å². The minimum Gasteiger partial charge on any atom is -0.496 e. The second-order valence-electron chi connectivity index (χ2n) is 5.17. The largest absolute Gasteiger partial charge is 0.496 e. The molecule has 0 bridgehead atoms. The number of hydrogen-bond donors (Lipinski definition) is 1. The molecule has 0 aliphatic carbocycles. The third kappa shape index (κ3) is 1.91. The summed E-state index contributed by atoms with van der Waals surface area (Å²) < 4.78 is 5.46. The first kappa shape index (κ1) is 12.1. The highest BCUT2D eigenvalue weighted by molar-refractivity contribution is 5.95. The number of fused-ring (bicyclic) bond motifs is 1. The van der Waals surface area contributed by atoms with Gasteiger partial charge in [0.2, 0.25) is 0 Å². The van der Waals surface area contributed by atoms with Crippen LogP contribution in [0, 0.1) is 0 Å². The van der Waals surface area contributed by atoms with Crippen molar-refractivity contribution in [2.75, 3.05) is 25.1 Å². The highest BCUT2D eigenvalue weighted by Crippen LogP contribution is 2.36. The van der Waals surface area contributed by atoms with Crippen molar-refractivity contribution in [2.45, 2.75) is 5.92 Å². The van der Waals surface area contributed by atoms with Gasteiger partial charge in [0.15, 0.2) is 0 Å². The lowest BCUT2D eigenvalue weighted by molar-refractivity contribution is 0.419. The number of benzene rings is 1. The molecule has 1 aromatic carbocycles. The molecule has 21 heavy (non-hydrogen) atoms. The summed E-state index contributed by atoms with van der Waals surface area (Å²) in [4.78, 5) is 11.0. The van der Waals surface area contributed by atoms with Crippen molar-refractivity contribution in [2.24, 2.45) is 0 Å². The second kappa shape index (κ2) is 4.73. The zero-order chi connectivity index (χ0) is 14.2. The molecule has 0 amide bonds. The van der Waals surface area contributed by atoms with Gasteiger partial charge < -0.3 is 9.64 Å². The van der Waals surface area contributed by atoms with Crippen LogP contribution in [0.2, 0.25) is 0 Å². The zero-order valence-electron chi connectivity index (χ0n) is 11.7. The Hall–Kier alpha value is -2.63. The van der Waals surface area contributed by atoms with Crippen LogP contribution < -0.4 is 9.64 Å². The molecular weight excluding hydrogens is 266 g/mol. The van der Waals surface area contributed by atoms with Crippen LogP contribution in [0.3, 0.4) is 0 Å². The van der Waals surface area contributed by atoms with Crippen LogP contribution in [0.1, 0.15) is 11.6 Å². The smallest absolute Gasteiger partial charge is 0.143 e. The lowest BCUT2D eigenvalue weighted by Crippen LogP contribution is -2.45. The first-order chi connectivity index (χ1) is 10.4. The average Bonchev–Trinajstić information content (AvgIpc) is 2.99. The van der Waals surface area contributed by atoms with Crippen LogP contribution >= 0.6 is 0 Å². The minimum atomic E-state index is 0.479. The van der Waals surface area contributed by atoms with Crippen molar-refractivity contribution in [3.05, 3.63) is 42.5 Å². The number of rotatable bonds is 3. The topological polar surface area (TPSA) is 66.9 Å². The lowest BCUT2D eigenvalue weighted by atomic mass is 9.96. The molecule has 2 aromatic heterocycles. The van der Waals surface area contributed by atoms with Crippen LogP contribution in [0.5, 0.6) is 5.75 Å². The van der Waals surface area contributed by atoms with Gasteiger partial charge in [0.1, 0.15) is 17.9 Å². The molecule has 3 heterocycles. The molecule has 1 fully saturated rings. The van der Waals surface area contributed by atoms with Crippen molar-refractivity contribution in [3.63, 3.8) is 0 Å². The van der Waals surface area contributed by atoms with Gasteiger partial charge in [0.05, 0.1) is 18.0 Å². The molecule has 4 rings (SSSR count). The maximum absolute atomic E-state index is 5.46. The van der Waals surface area contributed by atoms with E-state index in [0.29, 0.717) is 5.92 Å². The molecule has 6 nitrogen and oxygen atoms in total. The first-order valence-corrected chi connectivity index (χ1v) is 6.89. The molecule has 0 saturated carbocycles. The number of nitrogens with one attached hydrogen (secondary N) is 1. The quantitative estimate of drug-likeness (QED) is 0.795. The molecule has 1 saturated heterocycles. The van der Waals surface area contributed by atoms with E-state index >= 15 is 0 Å². The Morgan fingerprint density at radius 1 is 1.24 bits per heavy atom. The Bertz CT molecular complexity index is 760. The minimum absolute atomic E-state index is 0.479. The van der Waals surface area contributed by atoms with Crippen LogP contribution in [0.15, 0.2) is 36.8 Å². The van der Waals surface area contributed by atoms with E-state index < -0.39 is 0 Å². The van der Waals surface area contributed by atoms with Gasteiger partial charge in [-0.05, 0) is 18.2 Å². The predicted molar refractivity (Wildman–Crippen MR) is 79.6 cm³/mol. The molecule has 0 spiro atoms. The maximum Gasteiger partial charge on any atom is 0.143 e. The second-order valence-corrected chi connectivity index (χ2v) is 5.17. The summed E-state index contributed by atoms with van der Waals surface area (Å²) in [7, 11) is 1.68. The molecular formula is C15H15N5O. The van der Waals surface area contributed by atoms with E-state index in [2.05, 4.69) is 25.1 Å². The summed E-state index contributed by atoms with van der Waals surface area (Å²) in [5.74, 6) is 2.23. The van der Waals surface area contributed by atoms with Gasteiger partial charge in [-0.1, -0.05) is 6.07 Å². The summed E-state index contributed by atoms with van der Waals surface area (Å²) in [5, 5.41) is 8.03. The molecule has 0 unspecified atom stereocenters. The van der Waals surface area contributed by atoms with E-state index in [-0.39, 0.29) is 0 Å². The van der Waals surface area contributed by atoms with Crippen molar-refractivity contribution in [1.82, 2.24) is 20.2 Å². The number of hydrogen-bond acceptors (Lipinski definition) is 5. The number of aromatic nitrogens is 4. The van der Waals surface area contributed by atoms with E-state index in [1.165, 1.54) is 5.69 Å². The Kier molecular flexibility index (Phi) is 2.73. The third-order valence-electron chi connectivity index (χ3n) is 3.97. The maximum atomic E-state index is 5.46. The Balaban J connectivity index is 1.69. The van der Waals surface area contributed by atoms with Gasteiger partial charge in [-0.15, -0.1) is 0 Å². The molecule has 0 radical (unpaired) electrons. The first-order valence-electron chi connectivity index (χ1n) is 6.89. The molecule has 0 atom stereocenters. The number of anilines is 1. The summed E-state index contributed by atoms with van der Waals surface area (Å²) >= 11 is 0. The summed E-state index contributed by atoms with van der Waals surface area (Å²) in [6.07, 6.45) is 3.40. The van der Waals surface area contributed by atoms with Crippen molar-refractivity contribution in [3.8, 4) is 5.75 Å². The van der Waals surface area contributed by atoms with E-state index in [0.717, 1.165) is 35.6 Å². The standard InChI is InChI=1S/C15H15N5O/c1-21-13-4-2-3-12-14(13)15(17-9-16-12)20-7-10(8-20)11-5-6-18-19-11/h2-6,9-10H,7-8H2,1H3,(H,18,19). The van der Waals surface area contributed by atoms with Gasteiger partial charge in [0, 0.05) is 30.9 Å². The number of methoxy groups -OCH3 is 1. The highest BCUT2D eigenvalue weighted by Gasteiger charge is 2.31. The van der Waals surface area contributed by atoms with Gasteiger partial charge in [-0.3, -0.25) is 5.10 Å². The van der Waals surface area contributed by atoms with Crippen molar-refractivity contribution in [1.29, 1.82) is 0 Å². The van der Waals surface area contributed by atoms with Crippen LogP contribution in [-0.4, -0.2) is 40.4 Å². The zero-order valence-corrected chi connectivity index (χ0v) is 11.7. The van der Waals surface area contributed by atoms with E-state index in [1.54, 1.807) is 19.6 Å². The SMILES string of the molecule is COc1cccc2ncnc(N3CC(c4ccn[nH]4)C3)c12. The number of nitrogens with zero attached hydrogens (tertiary/aromatic N) is 4. The van der Waals surface area contributed by atoms with Gasteiger partial charge in [-0.2, -0.15) is 5.10 Å². The highest BCUT2D eigenvalue weighted by atomic mass is 16.5. The fourth-order valence-electron chi connectivity index (χ4n) is 2.81. The monoisotopic (exact) mass is 281 g/mol. The van der Waals surface area contributed by atoms with Crippen molar-refractivity contribution >= 4 is 16.7 Å². The molecule has 1 aliphatic rings. The normalized spacial score (nSPS) is 15.2. The van der Waals surface area contributed by atoms with E-state index in [4.69, 9.17) is 4.74 Å². The fraction of sp³-hybridized carbons (Fsp3) is 0.267. The summed E-state index contributed by atoms with van der Waals surface area (Å²) in [6.45, 7) is 1.85. The van der Waals surface area contributed by atoms with Crippen molar-refractivity contribution < 1.29 is 4.74 Å². The van der Waals surface area contributed by atoms with E-state index in [9.17, 15) is 0 Å². The predicted octanol–water partition coefficient (Wildman–Crippen LogP) is 1.97. The van der Waals surface area contributed by atoms with Crippen LogP contribution in [-0.2, 0) is 0 Å². The number of aromatic amines is 1. The molecule has 6 heteroatoms. The van der Waals surface area contributed by atoms with Crippen LogP contribution in [0.4, 0.5) is 5.82 Å². The molecule has 1 N–H and O–H groups in total. The third-order valence-corrected chi connectivity index (χ3v) is 3.97. The Morgan fingerprint density at radius 2 is 2.14 bits per heavy atom. The molecule has 106 valence electrons. The average molecular weight is 281 g/mol. The van der Waals surface area contributed by atoms with Crippen LogP contribution in [0.25, 0.3) is 10.9 Å². The number of ether oxygens (including phenoxy) is 1. The fourth-order valence-corrected chi connectivity index (χ4v) is 2.81. The lowest BCUT2D eigenvalue weighted by Gasteiger charge is -2.40. The Labute approximate surface area is 121 Å². The molecule has 3 aromatic rings. The Morgan fingerprint density at radius 3 is 2.90 bits per heavy atom. The number of H-pyrrole nitrogens is 1. The van der Waals surface area contributed by atoms with Gasteiger partial charge in [0.25, 0.3) is 0 Å². The molecule has 1 aliphatic heterocycles. The van der Waals surface area contributed by atoms with Gasteiger partial charge in [-0.25, -0.2) is 9.97 Å². The summed E-state index contributed by atoms with van der Waals surface area (Å²) in [5.41, 5.74) is 2.08. The van der Waals surface area contributed by atoms with E-state index in [1.807, 2.05) is 24.3 Å². The summed E-state index contributed by atoms with van der Waals surface area (Å²) in [6, 6.07) is 7.90.